The van der Waals surface area contributed by atoms with Crippen LogP contribution in [0.3, 0.4) is 0 Å². The van der Waals surface area contributed by atoms with E-state index in [-0.39, 0.29) is 5.69 Å². The molecule has 0 atom stereocenters. The largest absolute Gasteiger partial charge is 0.288 e. The molecule has 0 saturated carbocycles. The van der Waals surface area contributed by atoms with E-state index in [1.165, 1.54) is 12.3 Å². The summed E-state index contributed by atoms with van der Waals surface area (Å²) in [6, 6.07) is 1.48. The van der Waals surface area contributed by atoms with Crippen molar-refractivity contribution in [2.75, 3.05) is 0 Å². The molecule has 0 unspecified atom stereocenters. The van der Waals surface area contributed by atoms with Gasteiger partial charge < -0.3 is 0 Å². The molecule has 0 aromatic carbocycles. The molecular formula is C12H14N4O2. The molecule has 6 heteroatoms. The van der Waals surface area contributed by atoms with Gasteiger partial charge in [-0.05, 0) is 13.3 Å². The van der Waals surface area contributed by atoms with E-state index >= 15 is 0 Å². The van der Waals surface area contributed by atoms with Gasteiger partial charge in [0.15, 0.2) is 0 Å². The highest BCUT2D eigenvalue weighted by atomic mass is 16.6. The van der Waals surface area contributed by atoms with Gasteiger partial charge >= 0.3 is 0 Å². The van der Waals surface area contributed by atoms with Gasteiger partial charge in [0.1, 0.15) is 11.6 Å². The minimum Gasteiger partial charge on any atom is -0.288 e. The average Bonchev–Trinajstić information content (AvgIpc) is 2.78. The Morgan fingerprint density at radius 2 is 2.22 bits per heavy atom. The van der Waals surface area contributed by atoms with Crippen LogP contribution in [0.4, 0.5) is 5.69 Å². The average molecular weight is 246 g/mol. The molecule has 0 aliphatic carbocycles. The summed E-state index contributed by atoms with van der Waals surface area (Å²) in [5.74, 6) is 1.40. The molecule has 0 N–H and O–H groups in total. The van der Waals surface area contributed by atoms with E-state index in [0.29, 0.717) is 11.4 Å². The maximum atomic E-state index is 10.9. The first kappa shape index (κ1) is 12.2. The third-order valence-electron chi connectivity index (χ3n) is 2.69. The van der Waals surface area contributed by atoms with Gasteiger partial charge in [-0.2, -0.15) is 0 Å². The summed E-state index contributed by atoms with van der Waals surface area (Å²) < 4.78 is 1.79. The molecule has 0 amide bonds. The summed E-state index contributed by atoms with van der Waals surface area (Å²) >= 11 is 0. The van der Waals surface area contributed by atoms with Crippen molar-refractivity contribution in [2.45, 2.75) is 26.7 Å². The summed E-state index contributed by atoms with van der Waals surface area (Å²) in [4.78, 5) is 19.0. The van der Waals surface area contributed by atoms with Crippen LogP contribution in [0.1, 0.15) is 24.7 Å². The number of nitrogens with zero attached hydrogens (tertiary/aromatic N) is 4. The minimum atomic E-state index is -0.392. The predicted molar refractivity (Wildman–Crippen MR) is 66.7 cm³/mol. The molecule has 0 radical (unpaired) electrons. The summed E-state index contributed by atoms with van der Waals surface area (Å²) in [7, 11) is 0. The lowest BCUT2D eigenvalue weighted by Gasteiger charge is -2.06. The number of aromatic nitrogens is 3. The van der Waals surface area contributed by atoms with Gasteiger partial charge in [-0.3, -0.25) is 14.7 Å². The molecule has 0 saturated heterocycles. The maximum absolute atomic E-state index is 10.9. The fourth-order valence-corrected chi connectivity index (χ4v) is 1.78. The molecule has 0 fully saturated rings. The number of pyridine rings is 1. The second-order valence-corrected chi connectivity index (χ2v) is 4.05. The van der Waals surface area contributed by atoms with Crippen molar-refractivity contribution in [2.24, 2.45) is 0 Å². The molecule has 94 valence electrons. The Balaban J connectivity index is 2.47. The van der Waals surface area contributed by atoms with Crippen LogP contribution >= 0.6 is 0 Å². The lowest BCUT2D eigenvalue weighted by Crippen LogP contribution is -2.04. The SMILES string of the molecule is CCCc1nccn1-c1cc([N+](=O)[O-])c(C)cn1. The highest BCUT2D eigenvalue weighted by Gasteiger charge is 2.14. The quantitative estimate of drug-likeness (QED) is 0.613. The molecule has 2 rings (SSSR count). The van der Waals surface area contributed by atoms with E-state index in [2.05, 4.69) is 16.9 Å². The van der Waals surface area contributed by atoms with E-state index in [1.54, 1.807) is 23.9 Å². The topological polar surface area (TPSA) is 73.8 Å². The van der Waals surface area contributed by atoms with E-state index in [4.69, 9.17) is 0 Å². The van der Waals surface area contributed by atoms with E-state index in [0.717, 1.165) is 18.7 Å². The number of nitro groups is 1. The highest BCUT2D eigenvalue weighted by molar-refractivity contribution is 5.44. The lowest BCUT2D eigenvalue weighted by molar-refractivity contribution is -0.385. The van der Waals surface area contributed by atoms with Crippen LogP contribution in [0.15, 0.2) is 24.7 Å². The van der Waals surface area contributed by atoms with Crippen LogP contribution in [-0.2, 0) is 6.42 Å². The van der Waals surface area contributed by atoms with Crippen LogP contribution in [0, 0.1) is 17.0 Å². The van der Waals surface area contributed by atoms with Crippen molar-refractivity contribution in [3.63, 3.8) is 0 Å². The summed E-state index contributed by atoms with van der Waals surface area (Å²) in [5.41, 5.74) is 0.636. The smallest absolute Gasteiger partial charge is 0.277 e. The van der Waals surface area contributed by atoms with Crippen molar-refractivity contribution in [1.82, 2.24) is 14.5 Å². The normalized spacial score (nSPS) is 10.6. The number of aryl methyl sites for hydroxylation is 2. The van der Waals surface area contributed by atoms with Gasteiger partial charge in [0.25, 0.3) is 5.69 Å². The fourth-order valence-electron chi connectivity index (χ4n) is 1.78. The number of hydrogen-bond acceptors (Lipinski definition) is 4. The lowest BCUT2D eigenvalue weighted by atomic mass is 10.2. The van der Waals surface area contributed by atoms with Crippen molar-refractivity contribution in [3.05, 3.63) is 46.2 Å². The Hall–Kier alpha value is -2.24. The van der Waals surface area contributed by atoms with Crippen LogP contribution < -0.4 is 0 Å². The minimum absolute atomic E-state index is 0.0798. The van der Waals surface area contributed by atoms with Gasteiger partial charge in [-0.1, -0.05) is 6.92 Å². The Bertz CT molecular complexity index is 577. The summed E-state index contributed by atoms with van der Waals surface area (Å²) in [6.07, 6.45) is 6.75. The van der Waals surface area contributed by atoms with E-state index < -0.39 is 4.92 Å². The molecule has 2 aromatic heterocycles. The summed E-state index contributed by atoms with van der Waals surface area (Å²) in [6.45, 7) is 3.74. The zero-order valence-corrected chi connectivity index (χ0v) is 10.3. The highest BCUT2D eigenvalue weighted by Crippen LogP contribution is 2.20. The molecule has 2 heterocycles. The summed E-state index contributed by atoms with van der Waals surface area (Å²) in [5, 5.41) is 10.9. The standard InChI is InChI=1S/C12H14N4O2/c1-3-4-11-13-5-6-15(11)12-7-10(16(17)18)9(2)8-14-12/h5-8H,3-4H2,1-2H3. The molecule has 6 nitrogen and oxygen atoms in total. The molecule has 0 bridgehead atoms. The van der Waals surface area contributed by atoms with Crippen molar-refractivity contribution in [3.8, 4) is 5.82 Å². The third-order valence-corrected chi connectivity index (χ3v) is 2.69. The fraction of sp³-hybridized carbons (Fsp3) is 0.333. The predicted octanol–water partition coefficient (Wildman–Crippen LogP) is 2.44. The molecular weight excluding hydrogens is 232 g/mol. The van der Waals surface area contributed by atoms with Crippen LogP contribution in [0.5, 0.6) is 0 Å². The van der Waals surface area contributed by atoms with Crippen molar-refractivity contribution < 1.29 is 4.92 Å². The van der Waals surface area contributed by atoms with Crippen LogP contribution in [-0.4, -0.2) is 19.5 Å². The molecule has 18 heavy (non-hydrogen) atoms. The Morgan fingerprint density at radius 3 is 2.89 bits per heavy atom. The zero-order chi connectivity index (χ0) is 13.1. The van der Waals surface area contributed by atoms with Gasteiger partial charge in [-0.25, -0.2) is 9.97 Å². The van der Waals surface area contributed by atoms with Crippen LogP contribution in [0.25, 0.3) is 5.82 Å². The Kier molecular flexibility index (Phi) is 3.36. The maximum Gasteiger partial charge on any atom is 0.277 e. The third kappa shape index (κ3) is 2.22. The molecule has 0 spiro atoms. The first-order valence-corrected chi connectivity index (χ1v) is 5.77. The Morgan fingerprint density at radius 1 is 1.44 bits per heavy atom. The molecule has 2 aromatic rings. The van der Waals surface area contributed by atoms with E-state index in [9.17, 15) is 10.1 Å². The Labute approximate surface area is 104 Å². The molecule has 0 aliphatic rings. The molecule has 0 aliphatic heterocycles. The van der Waals surface area contributed by atoms with Gasteiger partial charge in [0.05, 0.1) is 11.0 Å². The second-order valence-electron chi connectivity index (χ2n) is 4.05. The number of imidazole rings is 1. The van der Waals surface area contributed by atoms with Crippen molar-refractivity contribution in [1.29, 1.82) is 0 Å². The second kappa shape index (κ2) is 4.95. The first-order valence-electron chi connectivity index (χ1n) is 5.77. The van der Waals surface area contributed by atoms with Gasteiger partial charge in [0, 0.05) is 30.6 Å². The first-order chi connectivity index (χ1) is 8.63. The van der Waals surface area contributed by atoms with Crippen LogP contribution in [0.2, 0.25) is 0 Å². The van der Waals surface area contributed by atoms with E-state index in [1.807, 2.05) is 0 Å². The van der Waals surface area contributed by atoms with Crippen molar-refractivity contribution >= 4 is 5.69 Å². The van der Waals surface area contributed by atoms with Gasteiger partial charge in [-0.15, -0.1) is 0 Å². The monoisotopic (exact) mass is 246 g/mol. The van der Waals surface area contributed by atoms with Gasteiger partial charge in [0.2, 0.25) is 0 Å². The number of hydrogen-bond donors (Lipinski definition) is 0. The zero-order valence-electron chi connectivity index (χ0n) is 10.3. The number of rotatable bonds is 4.